The molecule has 0 aromatic heterocycles. The number of hydrogen-bond donors (Lipinski definition) is 0. The van der Waals surface area contributed by atoms with Crippen LogP contribution in [0.2, 0.25) is 0 Å². The van der Waals surface area contributed by atoms with Gasteiger partial charge in [-0.2, -0.15) is 0 Å². The Balaban J connectivity index is 2.04. The maximum Gasteiger partial charge on any atom is 0.225 e. The van der Waals surface area contributed by atoms with Crippen LogP contribution >= 0.6 is 0 Å². The van der Waals surface area contributed by atoms with Gasteiger partial charge in [0.1, 0.15) is 0 Å². The lowest BCUT2D eigenvalue weighted by Crippen LogP contribution is -2.38. The fourth-order valence-corrected chi connectivity index (χ4v) is 2.71. The van der Waals surface area contributed by atoms with Crippen molar-refractivity contribution in [3.8, 4) is 0 Å². The molecule has 16 heavy (non-hydrogen) atoms. The van der Waals surface area contributed by atoms with Gasteiger partial charge >= 0.3 is 0 Å². The summed E-state index contributed by atoms with van der Waals surface area (Å²) in [7, 11) is 0. The Kier molecular flexibility index (Phi) is 2.04. The number of ether oxygens (including phenoxy) is 1. The summed E-state index contributed by atoms with van der Waals surface area (Å²) in [5.74, 6) is 0.220. The highest BCUT2D eigenvalue weighted by Crippen LogP contribution is 2.43. The fraction of sp³-hybridized carbons (Fsp3) is 0.462. The van der Waals surface area contributed by atoms with Gasteiger partial charge in [-0.3, -0.25) is 4.79 Å². The van der Waals surface area contributed by atoms with E-state index in [2.05, 4.69) is 31.2 Å². The number of amides is 1. The van der Waals surface area contributed by atoms with Crippen LogP contribution in [0.4, 0.5) is 0 Å². The molecule has 2 saturated heterocycles. The van der Waals surface area contributed by atoms with Gasteiger partial charge in [0.25, 0.3) is 0 Å². The van der Waals surface area contributed by atoms with E-state index < -0.39 is 5.72 Å². The molecule has 2 aliphatic heterocycles. The minimum absolute atomic E-state index is 0.220. The lowest BCUT2D eigenvalue weighted by atomic mass is 9.99. The smallest absolute Gasteiger partial charge is 0.225 e. The van der Waals surface area contributed by atoms with Crippen LogP contribution in [0, 0.1) is 6.92 Å². The fourth-order valence-electron chi connectivity index (χ4n) is 2.71. The molecule has 0 saturated carbocycles. The van der Waals surface area contributed by atoms with Crippen LogP contribution in [0.3, 0.4) is 0 Å². The van der Waals surface area contributed by atoms with Crippen LogP contribution in [-0.4, -0.2) is 24.0 Å². The highest BCUT2D eigenvalue weighted by atomic mass is 16.5. The lowest BCUT2D eigenvalue weighted by Gasteiger charge is -2.31. The normalized spacial score (nSPS) is 28.6. The van der Waals surface area contributed by atoms with Crippen molar-refractivity contribution in [1.29, 1.82) is 0 Å². The average Bonchev–Trinajstić information content (AvgIpc) is 2.82. The summed E-state index contributed by atoms with van der Waals surface area (Å²) in [6.07, 6.45) is 1.39. The lowest BCUT2D eigenvalue weighted by molar-refractivity contribution is -0.137. The number of carbonyl (C=O) groups is 1. The van der Waals surface area contributed by atoms with Gasteiger partial charge in [-0.05, 0) is 6.92 Å². The topological polar surface area (TPSA) is 29.5 Å². The monoisotopic (exact) mass is 217 g/mol. The standard InChI is InChI=1S/C13H15NO2/c1-10-2-4-11(5-3-10)13-7-6-12(15)14(13)8-9-16-13/h2-5H,6-9H2,1H3. The third kappa shape index (κ3) is 1.21. The summed E-state index contributed by atoms with van der Waals surface area (Å²) in [5, 5.41) is 0. The van der Waals surface area contributed by atoms with E-state index in [9.17, 15) is 4.79 Å². The van der Waals surface area contributed by atoms with Crippen molar-refractivity contribution < 1.29 is 9.53 Å². The van der Waals surface area contributed by atoms with Crippen molar-refractivity contribution >= 4 is 5.91 Å². The van der Waals surface area contributed by atoms with Crippen LogP contribution in [-0.2, 0) is 15.3 Å². The van der Waals surface area contributed by atoms with E-state index >= 15 is 0 Å². The highest BCUT2D eigenvalue weighted by molar-refractivity contribution is 5.80. The van der Waals surface area contributed by atoms with Crippen LogP contribution in [0.25, 0.3) is 0 Å². The van der Waals surface area contributed by atoms with Gasteiger partial charge in [0.15, 0.2) is 5.72 Å². The molecule has 2 fully saturated rings. The van der Waals surface area contributed by atoms with Crippen molar-refractivity contribution in [1.82, 2.24) is 4.90 Å². The minimum atomic E-state index is -0.454. The first-order valence-electron chi connectivity index (χ1n) is 5.74. The van der Waals surface area contributed by atoms with E-state index in [-0.39, 0.29) is 5.91 Å². The molecule has 0 radical (unpaired) electrons. The number of benzene rings is 1. The van der Waals surface area contributed by atoms with E-state index in [1.54, 1.807) is 0 Å². The quantitative estimate of drug-likeness (QED) is 0.718. The van der Waals surface area contributed by atoms with Crippen molar-refractivity contribution in [3.05, 3.63) is 35.4 Å². The Morgan fingerprint density at radius 3 is 2.81 bits per heavy atom. The maximum atomic E-state index is 11.7. The largest absolute Gasteiger partial charge is 0.349 e. The molecule has 0 aliphatic carbocycles. The second kappa shape index (κ2) is 3.32. The van der Waals surface area contributed by atoms with E-state index in [4.69, 9.17) is 4.74 Å². The second-order valence-electron chi connectivity index (χ2n) is 4.54. The number of hydrogen-bond acceptors (Lipinski definition) is 2. The second-order valence-corrected chi connectivity index (χ2v) is 4.54. The minimum Gasteiger partial charge on any atom is -0.349 e. The first-order valence-corrected chi connectivity index (χ1v) is 5.74. The Hall–Kier alpha value is -1.35. The van der Waals surface area contributed by atoms with Gasteiger partial charge in [0.2, 0.25) is 5.91 Å². The molecule has 1 aromatic rings. The van der Waals surface area contributed by atoms with Crippen molar-refractivity contribution in [2.24, 2.45) is 0 Å². The molecule has 1 aromatic carbocycles. The number of rotatable bonds is 1. The summed E-state index contributed by atoms with van der Waals surface area (Å²) >= 11 is 0. The van der Waals surface area contributed by atoms with Crippen LogP contribution in [0.5, 0.6) is 0 Å². The first kappa shape index (κ1) is 9.85. The third-order valence-electron chi connectivity index (χ3n) is 3.57. The maximum absolute atomic E-state index is 11.7. The van der Waals surface area contributed by atoms with Gasteiger partial charge in [-0.25, -0.2) is 0 Å². The van der Waals surface area contributed by atoms with E-state index in [1.807, 2.05) is 4.90 Å². The average molecular weight is 217 g/mol. The zero-order valence-electron chi connectivity index (χ0n) is 9.40. The van der Waals surface area contributed by atoms with Gasteiger partial charge in [0, 0.05) is 24.9 Å². The predicted molar refractivity (Wildman–Crippen MR) is 59.8 cm³/mol. The first-order chi connectivity index (χ1) is 7.72. The zero-order chi connectivity index (χ0) is 11.2. The molecule has 1 amide bonds. The van der Waals surface area contributed by atoms with Crippen LogP contribution < -0.4 is 0 Å². The molecule has 0 spiro atoms. The van der Waals surface area contributed by atoms with Gasteiger partial charge in [-0.15, -0.1) is 0 Å². The molecule has 2 heterocycles. The summed E-state index contributed by atoms with van der Waals surface area (Å²) < 4.78 is 5.87. The molecule has 0 bridgehead atoms. The SMILES string of the molecule is Cc1ccc(C23CCC(=O)N2CCO3)cc1. The number of nitrogens with zero attached hydrogens (tertiary/aromatic N) is 1. The van der Waals surface area contributed by atoms with Gasteiger partial charge in [0.05, 0.1) is 6.61 Å². The van der Waals surface area contributed by atoms with E-state index in [0.717, 1.165) is 18.5 Å². The molecule has 3 rings (SSSR count). The molecular formula is C13H15NO2. The molecule has 3 heteroatoms. The Morgan fingerprint density at radius 2 is 2.06 bits per heavy atom. The Morgan fingerprint density at radius 1 is 1.31 bits per heavy atom. The molecule has 1 atom stereocenters. The van der Waals surface area contributed by atoms with Gasteiger partial charge < -0.3 is 9.64 Å². The summed E-state index contributed by atoms with van der Waals surface area (Å²) in [6.45, 7) is 3.45. The molecule has 1 unspecified atom stereocenters. The molecule has 2 aliphatic rings. The summed E-state index contributed by atoms with van der Waals surface area (Å²) in [6, 6.07) is 8.30. The summed E-state index contributed by atoms with van der Waals surface area (Å²) in [4.78, 5) is 13.6. The van der Waals surface area contributed by atoms with Crippen molar-refractivity contribution in [2.45, 2.75) is 25.5 Å². The van der Waals surface area contributed by atoms with E-state index in [0.29, 0.717) is 13.0 Å². The highest BCUT2D eigenvalue weighted by Gasteiger charge is 2.50. The Bertz CT molecular complexity index is 426. The molecule has 0 N–H and O–H groups in total. The molecule has 3 nitrogen and oxygen atoms in total. The Labute approximate surface area is 95.0 Å². The third-order valence-corrected chi connectivity index (χ3v) is 3.57. The van der Waals surface area contributed by atoms with E-state index in [1.165, 1.54) is 5.56 Å². The number of aryl methyl sites for hydroxylation is 1. The summed E-state index contributed by atoms with van der Waals surface area (Å²) in [5.41, 5.74) is 1.89. The molecule has 84 valence electrons. The van der Waals surface area contributed by atoms with Gasteiger partial charge in [-0.1, -0.05) is 29.8 Å². The van der Waals surface area contributed by atoms with Crippen molar-refractivity contribution in [3.63, 3.8) is 0 Å². The van der Waals surface area contributed by atoms with Crippen LogP contribution in [0.15, 0.2) is 24.3 Å². The van der Waals surface area contributed by atoms with Crippen LogP contribution in [0.1, 0.15) is 24.0 Å². The predicted octanol–water partition coefficient (Wildman–Crippen LogP) is 1.80. The number of carbonyl (C=O) groups excluding carboxylic acids is 1. The van der Waals surface area contributed by atoms with Crippen molar-refractivity contribution in [2.75, 3.05) is 13.2 Å². The zero-order valence-corrected chi connectivity index (χ0v) is 9.40. The molecular weight excluding hydrogens is 202 g/mol. The number of fused-ring (bicyclic) bond motifs is 1.